The summed E-state index contributed by atoms with van der Waals surface area (Å²) in [6.45, 7) is 0. The number of rotatable bonds is 3. The Kier molecular flexibility index (Phi) is 3.66. The molecule has 88 valence electrons. The average Bonchev–Trinajstić information content (AvgIpc) is 2.76. The van der Waals surface area contributed by atoms with Crippen molar-refractivity contribution in [2.75, 3.05) is 11.1 Å². The van der Waals surface area contributed by atoms with E-state index in [2.05, 4.69) is 5.32 Å². The van der Waals surface area contributed by atoms with E-state index < -0.39 is 0 Å². The Hall–Kier alpha value is -1.52. The lowest BCUT2D eigenvalue weighted by molar-refractivity contribution is -0.115. The van der Waals surface area contributed by atoms with Crippen LogP contribution in [-0.2, 0) is 11.2 Å². The smallest absolute Gasteiger partial charge is 0.229 e. The lowest BCUT2D eigenvalue weighted by Gasteiger charge is -2.07. The number of amides is 1. The molecule has 0 aliphatic rings. The molecule has 0 fully saturated rings. The van der Waals surface area contributed by atoms with Crippen LogP contribution in [0.2, 0.25) is 5.02 Å². The molecule has 0 aliphatic heterocycles. The highest BCUT2D eigenvalue weighted by Crippen LogP contribution is 2.23. The van der Waals surface area contributed by atoms with Crippen molar-refractivity contribution >= 4 is 40.2 Å². The first-order valence-corrected chi connectivity index (χ1v) is 6.28. The largest absolute Gasteiger partial charge is 0.397 e. The molecule has 0 atom stereocenters. The van der Waals surface area contributed by atoms with Gasteiger partial charge in [-0.05, 0) is 29.6 Å². The summed E-state index contributed by atoms with van der Waals surface area (Å²) in [5.41, 5.74) is 6.80. The van der Waals surface area contributed by atoms with E-state index in [1.165, 1.54) is 0 Å². The fourth-order valence-electron chi connectivity index (χ4n) is 1.40. The summed E-state index contributed by atoms with van der Waals surface area (Å²) in [6, 6.07) is 8.84. The van der Waals surface area contributed by atoms with Gasteiger partial charge in [-0.25, -0.2) is 0 Å². The van der Waals surface area contributed by atoms with Gasteiger partial charge in [-0.1, -0.05) is 17.7 Å². The lowest BCUT2D eigenvalue weighted by Crippen LogP contribution is -2.14. The number of hydrogen-bond donors (Lipinski definition) is 2. The zero-order valence-electron chi connectivity index (χ0n) is 8.94. The van der Waals surface area contributed by atoms with Crippen LogP contribution in [0, 0.1) is 0 Å². The number of thiophene rings is 1. The van der Waals surface area contributed by atoms with Crippen LogP contribution in [0.15, 0.2) is 35.7 Å². The Balaban J connectivity index is 2.05. The molecule has 3 N–H and O–H groups in total. The predicted molar refractivity (Wildman–Crippen MR) is 72.5 cm³/mol. The molecular weight excluding hydrogens is 256 g/mol. The number of benzene rings is 1. The van der Waals surface area contributed by atoms with E-state index in [4.69, 9.17) is 17.3 Å². The third kappa shape index (κ3) is 3.22. The van der Waals surface area contributed by atoms with Crippen molar-refractivity contribution < 1.29 is 4.79 Å². The third-order valence-corrected chi connectivity index (χ3v) is 3.32. The topological polar surface area (TPSA) is 55.1 Å². The van der Waals surface area contributed by atoms with Crippen LogP contribution >= 0.6 is 22.9 Å². The average molecular weight is 267 g/mol. The van der Waals surface area contributed by atoms with Gasteiger partial charge in [0.25, 0.3) is 0 Å². The Morgan fingerprint density at radius 2 is 2.24 bits per heavy atom. The van der Waals surface area contributed by atoms with Crippen molar-refractivity contribution in [1.29, 1.82) is 0 Å². The normalized spacial score (nSPS) is 10.2. The summed E-state index contributed by atoms with van der Waals surface area (Å²) >= 11 is 7.39. The number of carbonyl (C=O) groups excluding carboxylic acids is 1. The number of carbonyl (C=O) groups is 1. The van der Waals surface area contributed by atoms with Gasteiger partial charge in [0.05, 0.1) is 17.8 Å². The molecule has 2 rings (SSSR count). The quantitative estimate of drug-likeness (QED) is 0.839. The maximum absolute atomic E-state index is 11.7. The van der Waals surface area contributed by atoms with Crippen LogP contribution in [0.5, 0.6) is 0 Å². The van der Waals surface area contributed by atoms with Crippen LogP contribution in [0.25, 0.3) is 0 Å². The minimum atomic E-state index is -0.0959. The van der Waals surface area contributed by atoms with Crippen LogP contribution in [0.4, 0.5) is 11.4 Å². The van der Waals surface area contributed by atoms with E-state index in [1.807, 2.05) is 17.5 Å². The number of nitrogens with two attached hydrogens (primary N) is 1. The molecular formula is C12H11ClN2OS. The summed E-state index contributed by atoms with van der Waals surface area (Å²) in [7, 11) is 0. The highest BCUT2D eigenvalue weighted by Gasteiger charge is 2.07. The Morgan fingerprint density at radius 1 is 1.41 bits per heavy atom. The monoisotopic (exact) mass is 266 g/mol. The number of nitrogen functional groups attached to an aromatic ring is 1. The van der Waals surface area contributed by atoms with Gasteiger partial charge in [-0.2, -0.15) is 0 Å². The van der Waals surface area contributed by atoms with Gasteiger partial charge < -0.3 is 11.1 Å². The highest BCUT2D eigenvalue weighted by atomic mass is 35.5. The Morgan fingerprint density at radius 3 is 2.94 bits per heavy atom. The highest BCUT2D eigenvalue weighted by molar-refractivity contribution is 7.10. The molecule has 0 saturated carbocycles. The maximum atomic E-state index is 11.7. The first-order valence-electron chi connectivity index (χ1n) is 5.02. The summed E-state index contributed by atoms with van der Waals surface area (Å²) in [4.78, 5) is 12.8. The van der Waals surface area contributed by atoms with Crippen molar-refractivity contribution in [3.8, 4) is 0 Å². The second-order valence-electron chi connectivity index (χ2n) is 3.54. The van der Waals surface area contributed by atoms with Gasteiger partial charge in [0.1, 0.15) is 0 Å². The molecule has 0 bridgehead atoms. The van der Waals surface area contributed by atoms with Crippen LogP contribution in [0.1, 0.15) is 4.88 Å². The van der Waals surface area contributed by atoms with Gasteiger partial charge >= 0.3 is 0 Å². The summed E-state index contributed by atoms with van der Waals surface area (Å²) in [5.74, 6) is -0.0959. The molecule has 0 saturated heterocycles. The molecule has 0 spiro atoms. The van der Waals surface area contributed by atoms with Crippen LogP contribution in [-0.4, -0.2) is 5.91 Å². The minimum absolute atomic E-state index is 0.0959. The lowest BCUT2D eigenvalue weighted by atomic mass is 10.2. The van der Waals surface area contributed by atoms with E-state index in [1.54, 1.807) is 29.5 Å². The minimum Gasteiger partial charge on any atom is -0.397 e. The fraction of sp³-hybridized carbons (Fsp3) is 0.0833. The third-order valence-electron chi connectivity index (χ3n) is 2.20. The molecule has 17 heavy (non-hydrogen) atoms. The van der Waals surface area contributed by atoms with E-state index in [0.717, 1.165) is 4.88 Å². The van der Waals surface area contributed by atoms with E-state index in [9.17, 15) is 4.79 Å². The molecule has 3 nitrogen and oxygen atoms in total. The van der Waals surface area contributed by atoms with Crippen LogP contribution < -0.4 is 11.1 Å². The summed E-state index contributed by atoms with van der Waals surface area (Å²) < 4.78 is 0. The van der Waals surface area contributed by atoms with Crippen molar-refractivity contribution in [3.63, 3.8) is 0 Å². The predicted octanol–water partition coefficient (Wildman–Crippen LogP) is 3.16. The van der Waals surface area contributed by atoms with E-state index in [-0.39, 0.29) is 5.91 Å². The molecule has 0 aliphatic carbocycles. The second-order valence-corrected chi connectivity index (χ2v) is 5.00. The summed E-state index contributed by atoms with van der Waals surface area (Å²) in [5, 5.41) is 5.24. The molecule has 1 aromatic heterocycles. The van der Waals surface area contributed by atoms with Crippen molar-refractivity contribution in [1.82, 2.24) is 0 Å². The van der Waals surface area contributed by atoms with E-state index >= 15 is 0 Å². The molecule has 1 heterocycles. The SMILES string of the molecule is Nc1ccc(Cl)cc1NC(=O)Cc1cccs1. The van der Waals surface area contributed by atoms with Crippen molar-refractivity contribution in [2.45, 2.75) is 6.42 Å². The molecule has 1 aromatic carbocycles. The Labute approximate surface area is 108 Å². The van der Waals surface area contributed by atoms with Gasteiger partial charge in [0.15, 0.2) is 0 Å². The maximum Gasteiger partial charge on any atom is 0.229 e. The molecule has 0 unspecified atom stereocenters. The van der Waals surface area contributed by atoms with Crippen molar-refractivity contribution in [2.24, 2.45) is 0 Å². The van der Waals surface area contributed by atoms with Gasteiger partial charge in [0.2, 0.25) is 5.91 Å². The molecule has 5 heteroatoms. The zero-order chi connectivity index (χ0) is 12.3. The number of anilines is 2. The Bertz CT molecular complexity index is 525. The molecule has 1 amide bonds. The number of hydrogen-bond acceptors (Lipinski definition) is 3. The number of halogens is 1. The second kappa shape index (κ2) is 5.21. The van der Waals surface area contributed by atoms with Gasteiger partial charge in [-0.15, -0.1) is 11.3 Å². The first-order chi connectivity index (χ1) is 8.15. The fourth-order valence-corrected chi connectivity index (χ4v) is 2.28. The zero-order valence-corrected chi connectivity index (χ0v) is 10.5. The van der Waals surface area contributed by atoms with Crippen molar-refractivity contribution in [3.05, 3.63) is 45.6 Å². The molecule has 2 aromatic rings. The first kappa shape index (κ1) is 12.0. The van der Waals surface area contributed by atoms with Gasteiger partial charge in [-0.3, -0.25) is 4.79 Å². The van der Waals surface area contributed by atoms with Gasteiger partial charge in [0, 0.05) is 9.90 Å². The number of nitrogens with one attached hydrogen (secondary N) is 1. The summed E-state index contributed by atoms with van der Waals surface area (Å²) in [6.07, 6.45) is 0.351. The van der Waals surface area contributed by atoms with Crippen LogP contribution in [0.3, 0.4) is 0 Å². The molecule has 0 radical (unpaired) electrons. The van der Waals surface area contributed by atoms with E-state index in [0.29, 0.717) is 22.8 Å². The standard InChI is InChI=1S/C12H11ClN2OS/c13-8-3-4-10(14)11(6-8)15-12(16)7-9-2-1-5-17-9/h1-6H,7,14H2,(H,15,16).